The summed E-state index contributed by atoms with van der Waals surface area (Å²) in [6, 6.07) is 16.5. The maximum atomic E-state index is 13.6. The number of carbonyl (C=O) groups is 1. The number of benzene rings is 1. The number of carbonyl (C=O) groups excluding carboxylic acids is 1. The Kier molecular flexibility index (Phi) is 4.98. The molecule has 0 aliphatic carbocycles. The zero-order chi connectivity index (χ0) is 21.4. The Bertz CT molecular complexity index is 1180. The summed E-state index contributed by atoms with van der Waals surface area (Å²) in [5.41, 5.74) is 4.42. The van der Waals surface area contributed by atoms with Crippen LogP contribution in [0.2, 0.25) is 0 Å². The van der Waals surface area contributed by atoms with Gasteiger partial charge in [0.15, 0.2) is 0 Å². The molecule has 6 heteroatoms. The Morgan fingerprint density at radius 2 is 2.06 bits per heavy atom. The summed E-state index contributed by atoms with van der Waals surface area (Å²) in [4.78, 5) is 26.8. The molecule has 1 saturated heterocycles. The molecule has 0 saturated carbocycles. The number of H-pyrrole nitrogens is 2. The van der Waals surface area contributed by atoms with E-state index < -0.39 is 0 Å². The number of pyridine rings is 1. The highest BCUT2D eigenvalue weighted by Gasteiger charge is 2.33. The molecule has 158 valence electrons. The number of aryl methyl sites for hydroxylation is 1. The summed E-state index contributed by atoms with van der Waals surface area (Å²) < 4.78 is 0. The highest BCUT2D eigenvalue weighted by molar-refractivity contribution is 5.99. The van der Waals surface area contributed by atoms with Gasteiger partial charge in [-0.25, -0.2) is 0 Å². The molecule has 2 atom stereocenters. The second kappa shape index (κ2) is 7.95. The van der Waals surface area contributed by atoms with Crippen LogP contribution in [0.1, 0.15) is 35.8 Å². The molecule has 4 heterocycles. The van der Waals surface area contributed by atoms with Crippen LogP contribution in [0.5, 0.6) is 0 Å². The Morgan fingerprint density at radius 1 is 1.19 bits per heavy atom. The van der Waals surface area contributed by atoms with Gasteiger partial charge in [0.25, 0.3) is 5.91 Å². The van der Waals surface area contributed by atoms with Gasteiger partial charge in [-0.2, -0.15) is 0 Å². The number of nitrogens with zero attached hydrogens (tertiary/aromatic N) is 2. The molecule has 1 aliphatic heterocycles. The van der Waals surface area contributed by atoms with Crippen LogP contribution in [0.25, 0.3) is 22.2 Å². The molecular formula is C25H27N5O. The fourth-order valence-corrected chi connectivity index (χ4v) is 4.55. The number of fused-ring (bicyclic) bond motifs is 1. The third-order valence-electron chi connectivity index (χ3n) is 6.23. The molecule has 0 unspecified atom stereocenters. The first-order valence-corrected chi connectivity index (χ1v) is 10.9. The van der Waals surface area contributed by atoms with Gasteiger partial charge < -0.3 is 20.2 Å². The predicted molar refractivity (Wildman–Crippen MR) is 124 cm³/mol. The van der Waals surface area contributed by atoms with Crippen molar-refractivity contribution < 1.29 is 4.79 Å². The van der Waals surface area contributed by atoms with E-state index in [1.807, 2.05) is 48.4 Å². The van der Waals surface area contributed by atoms with E-state index >= 15 is 0 Å². The minimum Gasteiger partial charge on any atom is -0.367 e. The van der Waals surface area contributed by atoms with E-state index in [-0.39, 0.29) is 18.0 Å². The van der Waals surface area contributed by atoms with Crippen molar-refractivity contribution >= 4 is 22.6 Å². The molecule has 1 fully saturated rings. The van der Waals surface area contributed by atoms with E-state index in [1.165, 1.54) is 5.39 Å². The van der Waals surface area contributed by atoms with E-state index in [4.69, 9.17) is 0 Å². The van der Waals surface area contributed by atoms with Crippen molar-refractivity contribution in [1.82, 2.24) is 19.9 Å². The summed E-state index contributed by atoms with van der Waals surface area (Å²) >= 11 is 0. The molecule has 6 nitrogen and oxygen atoms in total. The van der Waals surface area contributed by atoms with Gasteiger partial charge >= 0.3 is 0 Å². The number of amides is 1. The zero-order valence-electron chi connectivity index (χ0n) is 17.9. The normalized spacial score (nSPS) is 19.0. The average Bonchev–Trinajstić information content (AvgIpc) is 3.44. The van der Waals surface area contributed by atoms with Gasteiger partial charge in [-0.15, -0.1) is 0 Å². The van der Waals surface area contributed by atoms with Crippen LogP contribution in [0.3, 0.4) is 0 Å². The highest BCUT2D eigenvalue weighted by atomic mass is 16.2. The van der Waals surface area contributed by atoms with E-state index in [0.717, 1.165) is 47.5 Å². The molecule has 1 aromatic carbocycles. The van der Waals surface area contributed by atoms with Gasteiger partial charge in [-0.05, 0) is 62.6 Å². The number of nitrogens with one attached hydrogen (secondary N) is 3. The van der Waals surface area contributed by atoms with Crippen LogP contribution in [-0.2, 0) is 0 Å². The standard InChI is InChI=1S/C25H27N5O/c1-16-13-19(22-9-5-11-26-22)24(27-15-16)25(31)30-12-6-10-20(17(30)2)28-23-14-18-7-3-4-8-21(18)29-23/h3-5,7-9,11,13-15,17,20,26,28-29H,6,10,12H2,1-2H3/t17-,20+/m0/s1. The van der Waals surface area contributed by atoms with Crippen molar-refractivity contribution in [1.29, 1.82) is 0 Å². The SMILES string of the molecule is Cc1cnc(C(=O)N2CCC[C@@H](Nc3cc4ccccc4[nH]3)[C@@H]2C)c(-c2ccc[nH]2)c1. The molecule has 4 aromatic rings. The number of para-hydroxylation sites is 1. The first-order valence-electron chi connectivity index (χ1n) is 10.9. The number of aromatic nitrogens is 3. The summed E-state index contributed by atoms with van der Waals surface area (Å²) in [5.74, 6) is 0.980. The second-order valence-electron chi connectivity index (χ2n) is 8.40. The van der Waals surface area contributed by atoms with Crippen LogP contribution in [0, 0.1) is 6.92 Å². The van der Waals surface area contributed by atoms with Crippen molar-refractivity contribution in [3.05, 3.63) is 72.2 Å². The van der Waals surface area contributed by atoms with Crippen LogP contribution in [-0.4, -0.2) is 44.4 Å². The Hall–Kier alpha value is -3.54. The molecule has 3 aromatic heterocycles. The summed E-state index contributed by atoms with van der Waals surface area (Å²) in [5, 5.41) is 4.81. The monoisotopic (exact) mass is 413 g/mol. The number of rotatable bonds is 4. The number of piperidine rings is 1. The first-order chi connectivity index (χ1) is 15.1. The lowest BCUT2D eigenvalue weighted by molar-refractivity contribution is 0.0611. The minimum atomic E-state index is -0.0137. The fourth-order valence-electron chi connectivity index (χ4n) is 4.55. The number of hydrogen-bond donors (Lipinski definition) is 3. The van der Waals surface area contributed by atoms with Crippen molar-refractivity contribution in [2.75, 3.05) is 11.9 Å². The van der Waals surface area contributed by atoms with Crippen LogP contribution in [0.15, 0.2) is 60.9 Å². The van der Waals surface area contributed by atoms with Crippen molar-refractivity contribution in [3.63, 3.8) is 0 Å². The molecule has 31 heavy (non-hydrogen) atoms. The molecule has 0 bridgehead atoms. The minimum absolute atomic E-state index is 0.0137. The maximum Gasteiger partial charge on any atom is 0.273 e. The molecular weight excluding hydrogens is 386 g/mol. The van der Waals surface area contributed by atoms with Gasteiger partial charge in [0.1, 0.15) is 11.5 Å². The Labute approximate surface area is 181 Å². The fraction of sp³-hybridized carbons (Fsp3) is 0.280. The van der Waals surface area contributed by atoms with Crippen LogP contribution >= 0.6 is 0 Å². The van der Waals surface area contributed by atoms with E-state index in [0.29, 0.717) is 5.69 Å². The van der Waals surface area contributed by atoms with E-state index in [9.17, 15) is 4.79 Å². The van der Waals surface area contributed by atoms with Gasteiger partial charge in [-0.1, -0.05) is 18.2 Å². The largest absolute Gasteiger partial charge is 0.367 e. The molecule has 0 spiro atoms. The lowest BCUT2D eigenvalue weighted by Gasteiger charge is -2.40. The lowest BCUT2D eigenvalue weighted by atomic mass is 9.96. The quantitative estimate of drug-likeness (QED) is 0.442. The molecule has 5 rings (SSSR count). The van der Waals surface area contributed by atoms with Gasteiger partial charge in [-0.3, -0.25) is 9.78 Å². The Balaban J connectivity index is 1.40. The van der Waals surface area contributed by atoms with Crippen molar-refractivity contribution in [3.8, 4) is 11.3 Å². The van der Waals surface area contributed by atoms with Crippen molar-refractivity contribution in [2.45, 2.75) is 38.8 Å². The maximum absolute atomic E-state index is 13.6. The smallest absolute Gasteiger partial charge is 0.273 e. The lowest BCUT2D eigenvalue weighted by Crippen LogP contribution is -2.52. The van der Waals surface area contributed by atoms with Crippen molar-refractivity contribution in [2.24, 2.45) is 0 Å². The van der Waals surface area contributed by atoms with E-state index in [1.54, 1.807) is 6.20 Å². The topological polar surface area (TPSA) is 76.8 Å². The first kappa shape index (κ1) is 19.4. The van der Waals surface area contributed by atoms with Gasteiger partial charge in [0, 0.05) is 53.2 Å². The predicted octanol–water partition coefficient (Wildman–Crippen LogP) is 4.97. The second-order valence-corrected chi connectivity index (χ2v) is 8.40. The van der Waals surface area contributed by atoms with E-state index in [2.05, 4.69) is 45.4 Å². The molecule has 1 amide bonds. The summed E-state index contributed by atoms with van der Waals surface area (Å²) in [6.07, 6.45) is 5.62. The average molecular weight is 414 g/mol. The molecule has 1 aliphatic rings. The molecule has 0 radical (unpaired) electrons. The van der Waals surface area contributed by atoms with Crippen LogP contribution < -0.4 is 5.32 Å². The van der Waals surface area contributed by atoms with Crippen LogP contribution in [0.4, 0.5) is 5.82 Å². The Morgan fingerprint density at radius 3 is 2.87 bits per heavy atom. The summed E-state index contributed by atoms with van der Waals surface area (Å²) in [6.45, 7) is 4.86. The number of aromatic amines is 2. The number of likely N-dealkylation sites (tertiary alicyclic amines) is 1. The number of anilines is 1. The zero-order valence-corrected chi connectivity index (χ0v) is 17.9. The molecule has 3 N–H and O–H groups in total. The number of hydrogen-bond acceptors (Lipinski definition) is 3. The third kappa shape index (κ3) is 3.69. The summed E-state index contributed by atoms with van der Waals surface area (Å²) in [7, 11) is 0. The third-order valence-corrected chi connectivity index (χ3v) is 6.23. The van der Waals surface area contributed by atoms with Gasteiger partial charge in [0.2, 0.25) is 0 Å². The highest BCUT2D eigenvalue weighted by Crippen LogP contribution is 2.28. The van der Waals surface area contributed by atoms with Gasteiger partial charge in [0.05, 0.1) is 0 Å².